The van der Waals surface area contributed by atoms with E-state index >= 15 is 0 Å². The number of aryl methyl sites for hydroxylation is 1. The van der Waals surface area contributed by atoms with Crippen LogP contribution in [0.2, 0.25) is 0 Å². The fourth-order valence-electron chi connectivity index (χ4n) is 3.51. The minimum absolute atomic E-state index is 0.121. The molecular formula is C20H18FN7O2. The second-order valence-electron chi connectivity index (χ2n) is 7.01. The predicted molar refractivity (Wildman–Crippen MR) is 108 cm³/mol. The smallest absolute Gasteiger partial charge is 0.273 e. The zero-order chi connectivity index (χ0) is 20.7. The zero-order valence-corrected chi connectivity index (χ0v) is 16.2. The van der Waals surface area contributed by atoms with E-state index in [1.54, 1.807) is 31.5 Å². The van der Waals surface area contributed by atoms with Gasteiger partial charge in [-0.3, -0.25) is 9.89 Å². The van der Waals surface area contributed by atoms with Crippen LogP contribution >= 0.6 is 0 Å². The van der Waals surface area contributed by atoms with Gasteiger partial charge in [0.1, 0.15) is 22.7 Å². The van der Waals surface area contributed by atoms with E-state index in [1.807, 2.05) is 4.90 Å². The summed E-state index contributed by atoms with van der Waals surface area (Å²) in [5.74, 6) is 0.0981. The normalized spacial score (nSPS) is 14.4. The SMILES string of the molecule is Cc1cccc(F)c1-n1nc2c(-c3cnc(N4CCOCC4)nc3)n[nH]c2cc1=O. The van der Waals surface area contributed by atoms with Gasteiger partial charge >= 0.3 is 0 Å². The zero-order valence-electron chi connectivity index (χ0n) is 16.2. The van der Waals surface area contributed by atoms with Gasteiger partial charge in [0, 0.05) is 37.1 Å². The molecule has 4 aromatic rings. The number of aromatic amines is 1. The molecule has 0 radical (unpaired) electrons. The van der Waals surface area contributed by atoms with Gasteiger partial charge < -0.3 is 9.64 Å². The minimum Gasteiger partial charge on any atom is -0.378 e. The summed E-state index contributed by atoms with van der Waals surface area (Å²) in [6.07, 6.45) is 3.33. The van der Waals surface area contributed by atoms with Crippen LogP contribution in [0, 0.1) is 12.7 Å². The Morgan fingerprint density at radius 3 is 2.67 bits per heavy atom. The Hall–Kier alpha value is -3.66. The molecule has 1 aliphatic heterocycles. The van der Waals surface area contributed by atoms with Gasteiger partial charge in [0.15, 0.2) is 0 Å². The van der Waals surface area contributed by atoms with E-state index in [-0.39, 0.29) is 5.69 Å². The number of nitrogens with zero attached hydrogens (tertiary/aromatic N) is 6. The lowest BCUT2D eigenvalue weighted by Crippen LogP contribution is -2.37. The van der Waals surface area contributed by atoms with Crippen molar-refractivity contribution >= 4 is 17.0 Å². The number of nitrogens with one attached hydrogen (secondary N) is 1. The van der Waals surface area contributed by atoms with Crippen molar-refractivity contribution < 1.29 is 9.13 Å². The Balaban J connectivity index is 1.58. The molecule has 1 aromatic carbocycles. The van der Waals surface area contributed by atoms with E-state index in [9.17, 15) is 9.18 Å². The Labute approximate surface area is 170 Å². The third-order valence-electron chi connectivity index (χ3n) is 5.05. The standard InChI is InChI=1S/C20H18FN7O2/c1-12-3-2-4-14(21)19(12)28-16(29)9-15-18(26-28)17(25-24-15)13-10-22-20(23-11-13)27-5-7-30-8-6-27/h2-4,9-11,24H,5-8H2,1H3. The average Bonchev–Trinajstić information content (AvgIpc) is 3.17. The summed E-state index contributed by atoms with van der Waals surface area (Å²) in [5, 5.41) is 11.5. The molecule has 0 aliphatic carbocycles. The summed E-state index contributed by atoms with van der Waals surface area (Å²) in [7, 11) is 0. The maximum Gasteiger partial charge on any atom is 0.273 e. The summed E-state index contributed by atoms with van der Waals surface area (Å²) >= 11 is 0. The molecule has 1 aliphatic rings. The largest absolute Gasteiger partial charge is 0.378 e. The number of hydrogen-bond donors (Lipinski definition) is 1. The predicted octanol–water partition coefficient (Wildman–Crippen LogP) is 1.85. The highest BCUT2D eigenvalue weighted by Crippen LogP contribution is 2.25. The van der Waals surface area contributed by atoms with Crippen molar-refractivity contribution in [1.82, 2.24) is 29.9 Å². The number of anilines is 1. The quantitative estimate of drug-likeness (QED) is 0.553. The van der Waals surface area contributed by atoms with Crippen molar-refractivity contribution in [2.24, 2.45) is 0 Å². The van der Waals surface area contributed by atoms with Crippen LogP contribution in [0.1, 0.15) is 5.56 Å². The first kappa shape index (κ1) is 18.4. The number of rotatable bonds is 3. The van der Waals surface area contributed by atoms with Crippen LogP contribution in [-0.2, 0) is 4.74 Å². The van der Waals surface area contributed by atoms with Crippen molar-refractivity contribution in [3.8, 4) is 16.9 Å². The van der Waals surface area contributed by atoms with E-state index in [0.717, 1.165) is 17.8 Å². The van der Waals surface area contributed by atoms with Crippen molar-refractivity contribution in [2.45, 2.75) is 6.92 Å². The molecule has 0 atom stereocenters. The number of ether oxygens (including phenoxy) is 1. The number of fused-ring (bicyclic) bond motifs is 1. The average molecular weight is 407 g/mol. The van der Waals surface area contributed by atoms with Gasteiger partial charge in [-0.1, -0.05) is 12.1 Å². The first-order valence-electron chi connectivity index (χ1n) is 9.51. The number of halogens is 1. The summed E-state index contributed by atoms with van der Waals surface area (Å²) in [6, 6.07) is 5.97. The van der Waals surface area contributed by atoms with E-state index in [2.05, 4.69) is 25.3 Å². The number of benzene rings is 1. The van der Waals surface area contributed by atoms with Gasteiger partial charge in [-0.15, -0.1) is 0 Å². The second kappa shape index (κ2) is 7.30. The second-order valence-corrected chi connectivity index (χ2v) is 7.01. The summed E-state index contributed by atoms with van der Waals surface area (Å²) in [4.78, 5) is 23.5. The van der Waals surface area contributed by atoms with Crippen molar-refractivity contribution in [2.75, 3.05) is 31.2 Å². The molecule has 0 saturated carbocycles. The summed E-state index contributed by atoms with van der Waals surface area (Å²) in [5.41, 5.74) is 2.28. The molecule has 0 spiro atoms. The van der Waals surface area contributed by atoms with Gasteiger partial charge in [-0.05, 0) is 18.6 Å². The maximum absolute atomic E-state index is 14.4. The van der Waals surface area contributed by atoms with Gasteiger partial charge in [-0.2, -0.15) is 14.9 Å². The highest BCUT2D eigenvalue weighted by molar-refractivity contribution is 5.88. The minimum atomic E-state index is -0.521. The van der Waals surface area contributed by atoms with Crippen LogP contribution in [0.5, 0.6) is 0 Å². The summed E-state index contributed by atoms with van der Waals surface area (Å²) in [6.45, 7) is 4.49. The molecule has 1 fully saturated rings. The molecule has 30 heavy (non-hydrogen) atoms. The lowest BCUT2D eigenvalue weighted by atomic mass is 10.2. The molecule has 4 heterocycles. The third kappa shape index (κ3) is 3.11. The molecule has 3 aromatic heterocycles. The Morgan fingerprint density at radius 2 is 1.93 bits per heavy atom. The first-order chi connectivity index (χ1) is 14.6. The van der Waals surface area contributed by atoms with Crippen molar-refractivity contribution in [1.29, 1.82) is 0 Å². The maximum atomic E-state index is 14.4. The Morgan fingerprint density at radius 1 is 1.17 bits per heavy atom. The molecule has 9 nitrogen and oxygen atoms in total. The number of hydrogen-bond acceptors (Lipinski definition) is 7. The van der Waals surface area contributed by atoms with Gasteiger partial charge in [-0.25, -0.2) is 14.4 Å². The first-order valence-corrected chi connectivity index (χ1v) is 9.51. The Kier molecular flexibility index (Phi) is 4.47. The van der Waals surface area contributed by atoms with Crippen LogP contribution in [0.4, 0.5) is 10.3 Å². The molecular weight excluding hydrogens is 389 g/mol. The van der Waals surface area contributed by atoms with Crippen LogP contribution in [0.25, 0.3) is 28.0 Å². The Bertz CT molecular complexity index is 1260. The van der Waals surface area contributed by atoms with Crippen LogP contribution in [-0.4, -0.2) is 56.2 Å². The van der Waals surface area contributed by atoms with Crippen LogP contribution in [0.3, 0.4) is 0 Å². The number of morpholine rings is 1. The molecule has 152 valence electrons. The van der Waals surface area contributed by atoms with Gasteiger partial charge in [0.2, 0.25) is 5.95 Å². The van der Waals surface area contributed by atoms with Crippen LogP contribution < -0.4 is 10.5 Å². The number of para-hydroxylation sites is 1. The fourth-order valence-corrected chi connectivity index (χ4v) is 3.51. The highest BCUT2D eigenvalue weighted by Gasteiger charge is 2.18. The molecule has 0 amide bonds. The molecule has 0 bridgehead atoms. The third-order valence-corrected chi connectivity index (χ3v) is 5.05. The topological polar surface area (TPSA) is 102 Å². The lowest BCUT2D eigenvalue weighted by Gasteiger charge is -2.26. The molecule has 1 saturated heterocycles. The number of aromatic nitrogens is 6. The molecule has 1 N–H and O–H groups in total. The van der Waals surface area contributed by atoms with Crippen LogP contribution in [0.15, 0.2) is 41.5 Å². The van der Waals surface area contributed by atoms with Crippen molar-refractivity contribution in [3.63, 3.8) is 0 Å². The van der Waals surface area contributed by atoms with E-state index < -0.39 is 11.4 Å². The van der Waals surface area contributed by atoms with Gasteiger partial charge in [0.05, 0.1) is 18.7 Å². The molecule has 0 unspecified atom stereocenters. The van der Waals surface area contributed by atoms with Crippen molar-refractivity contribution in [3.05, 3.63) is 58.4 Å². The number of H-pyrrole nitrogens is 1. The molecule has 10 heteroatoms. The lowest BCUT2D eigenvalue weighted by molar-refractivity contribution is 0.122. The van der Waals surface area contributed by atoms with E-state index in [4.69, 9.17) is 4.74 Å². The summed E-state index contributed by atoms with van der Waals surface area (Å²) < 4.78 is 20.8. The highest BCUT2D eigenvalue weighted by atomic mass is 19.1. The van der Waals surface area contributed by atoms with E-state index in [1.165, 1.54) is 12.1 Å². The molecule has 5 rings (SSSR count). The van der Waals surface area contributed by atoms with E-state index in [0.29, 0.717) is 47.0 Å². The fraction of sp³-hybridized carbons (Fsp3) is 0.250. The monoisotopic (exact) mass is 407 g/mol. The van der Waals surface area contributed by atoms with Gasteiger partial charge in [0.25, 0.3) is 5.56 Å².